The molecule has 2 aliphatic rings. The molecule has 2 aromatic rings. The number of alkyl halides is 3. The third-order valence-electron chi connectivity index (χ3n) is 6.39. The van der Waals surface area contributed by atoms with Crippen LogP contribution in [0.25, 0.3) is 0 Å². The molecule has 0 bridgehead atoms. The molecule has 2 N–H and O–H groups in total. The van der Waals surface area contributed by atoms with Crippen LogP contribution in [-0.2, 0) is 4.79 Å². The maximum Gasteiger partial charge on any atom is 0.490 e. The first kappa shape index (κ1) is 26.5. The van der Waals surface area contributed by atoms with Crippen molar-refractivity contribution in [2.24, 2.45) is 0 Å². The van der Waals surface area contributed by atoms with Gasteiger partial charge >= 0.3 is 12.1 Å². The van der Waals surface area contributed by atoms with Crippen LogP contribution in [0.2, 0.25) is 0 Å². The Morgan fingerprint density at radius 2 is 1.77 bits per heavy atom. The van der Waals surface area contributed by atoms with Crippen LogP contribution in [0.15, 0.2) is 42.5 Å². The molecular formula is C25H29F4N3O3. The molecule has 2 heterocycles. The third-order valence-corrected chi connectivity index (χ3v) is 6.39. The summed E-state index contributed by atoms with van der Waals surface area (Å²) in [6.07, 6.45) is -1.26. The van der Waals surface area contributed by atoms with E-state index in [1.165, 1.54) is 43.6 Å². The van der Waals surface area contributed by atoms with E-state index in [1.54, 1.807) is 12.1 Å². The van der Waals surface area contributed by atoms with Crippen LogP contribution >= 0.6 is 0 Å². The highest BCUT2D eigenvalue weighted by molar-refractivity contribution is 6.04. The van der Waals surface area contributed by atoms with E-state index in [-0.39, 0.29) is 5.56 Å². The number of halogens is 4. The van der Waals surface area contributed by atoms with Gasteiger partial charge in [0.2, 0.25) is 0 Å². The Balaban J connectivity index is 0.000000429. The molecule has 0 spiro atoms. The summed E-state index contributed by atoms with van der Waals surface area (Å²) in [5.74, 6) is -3.69. The summed E-state index contributed by atoms with van der Waals surface area (Å²) in [4.78, 5) is 26.4. The molecule has 2 aromatic carbocycles. The van der Waals surface area contributed by atoms with Gasteiger partial charge in [-0.05, 0) is 75.5 Å². The predicted octanol–water partition coefficient (Wildman–Crippen LogP) is 5.08. The zero-order chi connectivity index (χ0) is 25.8. The van der Waals surface area contributed by atoms with Gasteiger partial charge < -0.3 is 15.3 Å². The molecular weight excluding hydrogens is 466 g/mol. The smallest absolute Gasteiger partial charge is 0.475 e. The van der Waals surface area contributed by atoms with Gasteiger partial charge in [0.1, 0.15) is 5.82 Å². The van der Waals surface area contributed by atoms with Crippen molar-refractivity contribution < 1.29 is 32.3 Å². The Bertz CT molecular complexity index is 1060. The lowest BCUT2D eigenvalue weighted by Gasteiger charge is -2.29. The second-order valence-corrected chi connectivity index (χ2v) is 8.86. The van der Waals surface area contributed by atoms with Crippen LogP contribution in [0.5, 0.6) is 0 Å². The summed E-state index contributed by atoms with van der Waals surface area (Å²) in [7, 11) is 0. The number of carbonyl (C=O) groups excluding carboxylic acids is 1. The number of rotatable bonds is 4. The van der Waals surface area contributed by atoms with Gasteiger partial charge in [-0.3, -0.25) is 9.69 Å². The van der Waals surface area contributed by atoms with Gasteiger partial charge in [0.05, 0.1) is 5.56 Å². The first-order valence-electron chi connectivity index (χ1n) is 11.4. The number of anilines is 2. The number of nitrogens with zero attached hydrogens (tertiary/aromatic N) is 2. The van der Waals surface area contributed by atoms with Crippen molar-refractivity contribution in [3.8, 4) is 0 Å². The van der Waals surface area contributed by atoms with Crippen molar-refractivity contribution >= 4 is 23.3 Å². The quantitative estimate of drug-likeness (QED) is 0.579. The minimum atomic E-state index is -5.08. The molecule has 190 valence electrons. The summed E-state index contributed by atoms with van der Waals surface area (Å²) in [6.45, 7) is 7.76. The highest BCUT2D eigenvalue weighted by atomic mass is 19.4. The standard InChI is InChI=1S/C23H28FN3O.C2HF3O2/c1-16-14-18(25-23(28)20-7-3-4-8-21(20)24)9-10-22(16)26-13-11-19(15-26)27-12-5-6-17(27)2;3-2(4,5)1(6)7/h3-4,7-10,14,17,19H,5-6,11-13,15H2,1-2H3,(H,25,28);(H,6,7). The molecule has 2 unspecified atom stereocenters. The first-order valence-corrected chi connectivity index (χ1v) is 11.4. The van der Waals surface area contributed by atoms with Crippen LogP contribution in [0.4, 0.5) is 28.9 Å². The summed E-state index contributed by atoms with van der Waals surface area (Å²) in [5, 5.41) is 9.94. The largest absolute Gasteiger partial charge is 0.490 e. The molecule has 6 nitrogen and oxygen atoms in total. The average molecular weight is 496 g/mol. The van der Waals surface area contributed by atoms with E-state index in [0.29, 0.717) is 17.8 Å². The molecule has 0 aromatic heterocycles. The van der Waals surface area contributed by atoms with Crippen molar-refractivity contribution in [3.05, 3.63) is 59.4 Å². The summed E-state index contributed by atoms with van der Waals surface area (Å²) < 4.78 is 45.5. The minimum Gasteiger partial charge on any atom is -0.475 e. The summed E-state index contributed by atoms with van der Waals surface area (Å²) in [6, 6.07) is 13.3. The van der Waals surface area contributed by atoms with E-state index in [1.807, 2.05) is 12.1 Å². The number of likely N-dealkylation sites (tertiary alicyclic amines) is 1. The topological polar surface area (TPSA) is 72.9 Å². The number of carboxylic acids is 1. The lowest BCUT2D eigenvalue weighted by Crippen LogP contribution is -2.39. The molecule has 0 saturated carbocycles. The van der Waals surface area contributed by atoms with Crippen LogP contribution < -0.4 is 10.2 Å². The Morgan fingerprint density at radius 1 is 1.09 bits per heavy atom. The van der Waals surface area contributed by atoms with E-state index in [0.717, 1.165) is 18.7 Å². The molecule has 2 atom stereocenters. The minimum absolute atomic E-state index is 0.0614. The van der Waals surface area contributed by atoms with Crippen LogP contribution in [0, 0.1) is 12.7 Å². The number of nitrogens with one attached hydrogen (secondary N) is 1. The Morgan fingerprint density at radius 3 is 2.34 bits per heavy atom. The van der Waals surface area contributed by atoms with Crippen molar-refractivity contribution in [1.82, 2.24) is 4.90 Å². The SMILES string of the molecule is Cc1cc(NC(=O)c2ccccc2F)ccc1N1CCC(N2CCCC2C)C1.O=C(O)C(F)(F)F. The van der Waals surface area contributed by atoms with Crippen molar-refractivity contribution in [2.45, 2.75) is 51.4 Å². The van der Waals surface area contributed by atoms with Gasteiger partial charge in [-0.2, -0.15) is 13.2 Å². The number of hydrogen-bond acceptors (Lipinski definition) is 4. The van der Waals surface area contributed by atoms with Crippen LogP contribution in [-0.4, -0.2) is 59.8 Å². The molecule has 0 radical (unpaired) electrons. The number of hydrogen-bond donors (Lipinski definition) is 2. The number of benzene rings is 2. The average Bonchev–Trinajstić information content (AvgIpc) is 3.42. The second kappa shape index (κ2) is 11.1. The summed E-state index contributed by atoms with van der Waals surface area (Å²) in [5.41, 5.74) is 3.10. The van der Waals surface area contributed by atoms with E-state index < -0.39 is 23.9 Å². The Kier molecular flexibility index (Phi) is 8.37. The molecule has 10 heteroatoms. The molecule has 2 fully saturated rings. The monoisotopic (exact) mass is 495 g/mol. The molecule has 35 heavy (non-hydrogen) atoms. The van der Waals surface area contributed by atoms with Gasteiger partial charge in [-0.25, -0.2) is 9.18 Å². The van der Waals surface area contributed by atoms with Gasteiger partial charge in [0.25, 0.3) is 5.91 Å². The van der Waals surface area contributed by atoms with E-state index in [2.05, 4.69) is 35.0 Å². The first-order chi connectivity index (χ1) is 16.5. The maximum atomic E-state index is 13.8. The highest BCUT2D eigenvalue weighted by Gasteiger charge is 2.38. The number of carbonyl (C=O) groups is 2. The molecule has 0 aliphatic carbocycles. The van der Waals surface area contributed by atoms with Crippen molar-refractivity contribution in [3.63, 3.8) is 0 Å². The highest BCUT2D eigenvalue weighted by Crippen LogP contribution is 2.31. The van der Waals surface area contributed by atoms with Gasteiger partial charge in [-0.15, -0.1) is 0 Å². The van der Waals surface area contributed by atoms with E-state index in [4.69, 9.17) is 9.90 Å². The number of aliphatic carboxylic acids is 1. The van der Waals surface area contributed by atoms with E-state index >= 15 is 0 Å². The Hall–Kier alpha value is -3.14. The third kappa shape index (κ3) is 6.72. The normalized spacial score (nSPS) is 20.3. The number of amides is 1. The van der Waals surface area contributed by atoms with E-state index in [9.17, 15) is 22.4 Å². The van der Waals surface area contributed by atoms with Crippen LogP contribution in [0.3, 0.4) is 0 Å². The molecule has 2 saturated heterocycles. The summed E-state index contributed by atoms with van der Waals surface area (Å²) >= 11 is 0. The molecule has 2 aliphatic heterocycles. The maximum absolute atomic E-state index is 13.8. The molecule has 4 rings (SSSR count). The fourth-order valence-corrected chi connectivity index (χ4v) is 4.66. The van der Waals surface area contributed by atoms with Gasteiger partial charge in [-0.1, -0.05) is 12.1 Å². The van der Waals surface area contributed by atoms with Gasteiger partial charge in [0, 0.05) is 36.5 Å². The Labute approximate surface area is 201 Å². The second-order valence-electron chi connectivity index (χ2n) is 8.86. The number of carboxylic acid groups (broad SMARTS) is 1. The zero-order valence-corrected chi connectivity index (χ0v) is 19.6. The van der Waals surface area contributed by atoms with Crippen molar-refractivity contribution in [2.75, 3.05) is 29.9 Å². The lowest BCUT2D eigenvalue weighted by atomic mass is 10.1. The fourth-order valence-electron chi connectivity index (χ4n) is 4.66. The van der Waals surface area contributed by atoms with Crippen LogP contribution in [0.1, 0.15) is 42.1 Å². The van der Waals surface area contributed by atoms with Gasteiger partial charge in [0.15, 0.2) is 0 Å². The number of aryl methyl sites for hydroxylation is 1. The predicted molar refractivity (Wildman–Crippen MR) is 125 cm³/mol. The zero-order valence-electron chi connectivity index (χ0n) is 19.6. The fraction of sp³-hybridized carbons (Fsp3) is 0.440. The lowest BCUT2D eigenvalue weighted by molar-refractivity contribution is -0.192. The van der Waals surface area contributed by atoms with Crippen molar-refractivity contribution in [1.29, 1.82) is 0 Å². The molecule has 1 amide bonds.